The van der Waals surface area contributed by atoms with Gasteiger partial charge in [-0.15, -0.1) is 0 Å². The zero-order valence-corrected chi connectivity index (χ0v) is 20.5. The number of hydrogen-bond donors (Lipinski definition) is 1. The Balaban J connectivity index is 0.00000233. The lowest BCUT2D eigenvalue weighted by Gasteiger charge is -2.04. The van der Waals surface area contributed by atoms with Crippen LogP contribution in [0, 0.1) is 0 Å². The monoisotopic (exact) mass is 499 g/mol. The molecule has 0 radical (unpaired) electrons. The fourth-order valence-corrected chi connectivity index (χ4v) is 3.77. The van der Waals surface area contributed by atoms with E-state index in [2.05, 4.69) is 4.72 Å². The molecular formula is C23H24Cl3NO3S. The van der Waals surface area contributed by atoms with Gasteiger partial charge in [0.25, 0.3) is 10.0 Å². The van der Waals surface area contributed by atoms with Crippen molar-refractivity contribution in [2.75, 3.05) is 0 Å². The number of Topliss-reactive ketones (excluding diaryl/α,β-unsaturated/α-hetero) is 1. The highest BCUT2D eigenvalue weighted by atomic mass is 35.5. The summed E-state index contributed by atoms with van der Waals surface area (Å²) < 4.78 is 26.7. The topological polar surface area (TPSA) is 63.2 Å². The van der Waals surface area contributed by atoms with Crippen molar-refractivity contribution in [1.29, 1.82) is 0 Å². The number of allylic oxidation sites excluding steroid dienone is 11. The molecule has 0 unspecified atom stereocenters. The highest BCUT2D eigenvalue weighted by Gasteiger charge is 2.13. The number of halogens is 3. The molecular weight excluding hydrogens is 477 g/mol. The fraction of sp³-hybridized carbons (Fsp3) is 0.174. The van der Waals surface area contributed by atoms with Gasteiger partial charge in [-0.3, -0.25) is 9.52 Å². The van der Waals surface area contributed by atoms with Gasteiger partial charge in [-0.1, -0.05) is 79.0 Å². The number of rotatable bonds is 7. The van der Waals surface area contributed by atoms with Crippen LogP contribution in [0.3, 0.4) is 0 Å². The van der Waals surface area contributed by atoms with E-state index in [9.17, 15) is 13.2 Å². The molecule has 1 aliphatic carbocycles. The number of hydrogen-bond acceptors (Lipinski definition) is 3. The summed E-state index contributed by atoms with van der Waals surface area (Å²) in [6.07, 6.45) is 15.6. The standard InChI is InChI=1S/C21H18Cl3NO3S.C2H6/c1-15(21(26)16-7-4-2-3-5-8-16)13-17(22)9-6-12-25-29(27,28)18-10-11-19(23)20(24)14-18;1-2/h2,4-14,25H,3H2,1H3;1-2H3/b12-6+,15-13+,17-9+;. The number of carbonyl (C=O) groups excluding carboxylic acids is 1. The third kappa shape index (κ3) is 8.91. The summed E-state index contributed by atoms with van der Waals surface area (Å²) in [5, 5.41) is 0.675. The Kier molecular flexibility index (Phi) is 11.6. The summed E-state index contributed by atoms with van der Waals surface area (Å²) >= 11 is 17.8. The van der Waals surface area contributed by atoms with Crippen LogP contribution in [0.4, 0.5) is 0 Å². The van der Waals surface area contributed by atoms with Crippen molar-refractivity contribution in [3.05, 3.63) is 99.2 Å². The third-order valence-electron chi connectivity index (χ3n) is 3.73. The molecule has 1 aliphatic rings. The molecule has 8 heteroatoms. The molecule has 4 nitrogen and oxygen atoms in total. The number of nitrogens with one attached hydrogen (secondary N) is 1. The predicted octanol–water partition coefficient (Wildman–Crippen LogP) is 6.89. The van der Waals surface area contributed by atoms with E-state index in [1.807, 2.05) is 32.1 Å². The molecule has 0 aliphatic heterocycles. The van der Waals surface area contributed by atoms with E-state index in [0.717, 1.165) is 6.42 Å². The quantitative estimate of drug-likeness (QED) is 0.327. The van der Waals surface area contributed by atoms with Gasteiger partial charge >= 0.3 is 0 Å². The Morgan fingerprint density at radius 3 is 2.52 bits per heavy atom. The predicted molar refractivity (Wildman–Crippen MR) is 131 cm³/mol. The van der Waals surface area contributed by atoms with Gasteiger partial charge in [0.2, 0.25) is 0 Å². The molecule has 0 bridgehead atoms. The minimum Gasteiger partial charge on any atom is -0.289 e. The van der Waals surface area contributed by atoms with Gasteiger partial charge in [-0.25, -0.2) is 8.42 Å². The van der Waals surface area contributed by atoms with Gasteiger partial charge in [0.15, 0.2) is 5.78 Å². The molecule has 1 aromatic rings. The van der Waals surface area contributed by atoms with E-state index in [1.54, 1.807) is 19.1 Å². The molecule has 1 aromatic carbocycles. The smallest absolute Gasteiger partial charge is 0.261 e. The van der Waals surface area contributed by atoms with Crippen molar-refractivity contribution in [3.8, 4) is 0 Å². The van der Waals surface area contributed by atoms with E-state index in [0.29, 0.717) is 11.1 Å². The summed E-state index contributed by atoms with van der Waals surface area (Å²) in [4.78, 5) is 12.4. The normalized spacial score (nSPS) is 14.6. The van der Waals surface area contributed by atoms with Crippen LogP contribution < -0.4 is 4.72 Å². The number of ketones is 1. The summed E-state index contributed by atoms with van der Waals surface area (Å²) in [7, 11) is -3.80. The first-order chi connectivity index (χ1) is 14.7. The summed E-state index contributed by atoms with van der Waals surface area (Å²) in [6, 6.07) is 4.00. The van der Waals surface area contributed by atoms with Gasteiger partial charge in [-0.2, -0.15) is 0 Å². The summed E-state index contributed by atoms with van der Waals surface area (Å²) in [5.41, 5.74) is 1.03. The summed E-state index contributed by atoms with van der Waals surface area (Å²) in [6.45, 7) is 5.67. The SMILES string of the molecule is CC.C\C(=C/C(Cl)=C\C=C\NS(=O)(=O)c1ccc(Cl)c(Cl)c1)C(=O)C1=CC=CCC=C1. The van der Waals surface area contributed by atoms with Crippen molar-refractivity contribution in [1.82, 2.24) is 4.72 Å². The first kappa shape index (κ1) is 27.0. The molecule has 0 amide bonds. The lowest BCUT2D eigenvalue weighted by Crippen LogP contribution is -2.17. The molecule has 31 heavy (non-hydrogen) atoms. The molecule has 0 saturated carbocycles. The lowest BCUT2D eigenvalue weighted by atomic mass is 10.0. The Bertz CT molecular complexity index is 1080. The van der Waals surface area contributed by atoms with Gasteiger partial charge in [0.05, 0.1) is 14.9 Å². The van der Waals surface area contributed by atoms with Gasteiger partial charge in [0, 0.05) is 16.8 Å². The van der Waals surface area contributed by atoms with Crippen LogP contribution in [0.1, 0.15) is 27.2 Å². The van der Waals surface area contributed by atoms with Gasteiger partial charge in [-0.05, 0) is 55.3 Å². The second kappa shape index (κ2) is 13.4. The molecule has 0 spiro atoms. The van der Waals surface area contributed by atoms with Crippen LogP contribution in [0.15, 0.2) is 94.1 Å². The second-order valence-electron chi connectivity index (χ2n) is 5.95. The van der Waals surface area contributed by atoms with Crippen LogP contribution in [0.25, 0.3) is 0 Å². The molecule has 0 fully saturated rings. The fourth-order valence-electron chi connectivity index (χ4n) is 2.26. The van der Waals surface area contributed by atoms with Crippen molar-refractivity contribution in [2.24, 2.45) is 0 Å². The van der Waals surface area contributed by atoms with Crippen LogP contribution in [0.2, 0.25) is 10.0 Å². The van der Waals surface area contributed by atoms with E-state index in [1.165, 1.54) is 42.6 Å². The van der Waals surface area contributed by atoms with Crippen molar-refractivity contribution < 1.29 is 13.2 Å². The third-order valence-corrected chi connectivity index (χ3v) is 6.03. The molecule has 0 atom stereocenters. The maximum Gasteiger partial charge on any atom is 0.261 e. The van der Waals surface area contributed by atoms with Gasteiger partial charge < -0.3 is 0 Å². The molecule has 1 N–H and O–H groups in total. The summed E-state index contributed by atoms with van der Waals surface area (Å²) in [5.74, 6) is -0.136. The largest absolute Gasteiger partial charge is 0.289 e. The lowest BCUT2D eigenvalue weighted by molar-refractivity contribution is -0.111. The minimum absolute atomic E-state index is 0.0215. The average Bonchev–Trinajstić information content (AvgIpc) is 3.03. The second-order valence-corrected chi connectivity index (χ2v) is 8.92. The molecule has 0 heterocycles. The zero-order chi connectivity index (χ0) is 23.4. The molecule has 166 valence electrons. The molecule has 0 saturated heterocycles. The van der Waals surface area contributed by atoms with Crippen LogP contribution in [0.5, 0.6) is 0 Å². The van der Waals surface area contributed by atoms with E-state index >= 15 is 0 Å². The van der Waals surface area contributed by atoms with Gasteiger partial charge in [0.1, 0.15) is 0 Å². The zero-order valence-electron chi connectivity index (χ0n) is 17.4. The van der Waals surface area contributed by atoms with E-state index in [-0.39, 0.29) is 25.8 Å². The highest BCUT2D eigenvalue weighted by molar-refractivity contribution is 7.89. The minimum atomic E-state index is -3.80. The van der Waals surface area contributed by atoms with Crippen molar-refractivity contribution >= 4 is 50.6 Å². The number of sulfonamides is 1. The Morgan fingerprint density at radius 1 is 1.13 bits per heavy atom. The highest BCUT2D eigenvalue weighted by Crippen LogP contribution is 2.24. The van der Waals surface area contributed by atoms with Crippen LogP contribution in [-0.4, -0.2) is 14.2 Å². The Labute approximate surface area is 199 Å². The van der Waals surface area contributed by atoms with E-state index < -0.39 is 10.0 Å². The van der Waals surface area contributed by atoms with Crippen molar-refractivity contribution in [2.45, 2.75) is 32.1 Å². The Hall–Kier alpha value is -2.05. The maximum atomic E-state index is 12.4. The number of benzene rings is 1. The number of carbonyl (C=O) groups is 1. The van der Waals surface area contributed by atoms with Crippen molar-refractivity contribution in [3.63, 3.8) is 0 Å². The molecule has 2 rings (SSSR count). The van der Waals surface area contributed by atoms with E-state index in [4.69, 9.17) is 34.8 Å². The first-order valence-corrected chi connectivity index (χ1v) is 12.1. The maximum absolute atomic E-state index is 12.4. The Morgan fingerprint density at radius 2 is 1.84 bits per heavy atom. The first-order valence-electron chi connectivity index (χ1n) is 9.47. The van der Waals surface area contributed by atoms with Crippen LogP contribution in [-0.2, 0) is 14.8 Å². The average molecular weight is 501 g/mol. The molecule has 0 aromatic heterocycles. The van der Waals surface area contributed by atoms with Crippen LogP contribution >= 0.6 is 34.8 Å².